The van der Waals surface area contributed by atoms with Gasteiger partial charge >= 0.3 is 12.1 Å². The number of rotatable bonds is 7. The molecule has 0 bridgehead atoms. The minimum absolute atomic E-state index is 0.0985. The van der Waals surface area contributed by atoms with Crippen molar-refractivity contribution in [3.8, 4) is 17.2 Å². The summed E-state index contributed by atoms with van der Waals surface area (Å²) in [6.45, 7) is 7.77. The number of carbonyl (C=O) groups excluding carboxylic acids is 3. The third-order valence-corrected chi connectivity index (χ3v) is 6.78. The largest absolute Gasteiger partial charge is 0.485 e. The van der Waals surface area contributed by atoms with E-state index in [9.17, 15) is 19.5 Å². The first-order chi connectivity index (χ1) is 19.1. The zero-order chi connectivity index (χ0) is 29.0. The molecule has 2 aliphatic rings. The van der Waals surface area contributed by atoms with Gasteiger partial charge in [0.1, 0.15) is 6.10 Å². The van der Waals surface area contributed by atoms with Gasteiger partial charge in [0.25, 0.3) is 5.91 Å². The molecule has 4 N–H and O–H groups in total. The molecule has 2 heterocycles. The molecule has 2 aromatic carbocycles. The van der Waals surface area contributed by atoms with Crippen molar-refractivity contribution < 1.29 is 33.7 Å². The van der Waals surface area contributed by atoms with E-state index < -0.39 is 18.2 Å². The first-order valence-electron chi connectivity index (χ1n) is 13.3. The molecule has 0 spiro atoms. The number of para-hydroxylation sites is 1. The van der Waals surface area contributed by atoms with Crippen LogP contribution in [-0.2, 0) is 0 Å². The van der Waals surface area contributed by atoms with Gasteiger partial charge in [-0.15, -0.1) is 0 Å². The molecule has 0 saturated heterocycles. The molecule has 0 fully saturated rings. The average Bonchev–Trinajstić information content (AvgIpc) is 3.38. The molecular formula is C28H37N5O7. The number of nitrogens with one attached hydrogen (secondary N) is 3. The molecule has 12 heteroatoms. The summed E-state index contributed by atoms with van der Waals surface area (Å²) in [5, 5.41) is 18.3. The van der Waals surface area contributed by atoms with E-state index in [1.807, 2.05) is 20.8 Å². The Morgan fingerprint density at radius 2 is 1.88 bits per heavy atom. The van der Waals surface area contributed by atoms with E-state index in [1.165, 1.54) is 4.90 Å². The van der Waals surface area contributed by atoms with Crippen LogP contribution in [0.4, 0.5) is 21.0 Å². The highest BCUT2D eigenvalue weighted by Gasteiger charge is 2.35. The van der Waals surface area contributed by atoms with E-state index in [2.05, 4.69) is 16.0 Å². The maximum absolute atomic E-state index is 13.6. The lowest BCUT2D eigenvalue weighted by Gasteiger charge is -2.38. The number of fused-ring (bicyclic) bond motifs is 2. The Bertz CT molecular complexity index is 1250. The molecule has 216 valence electrons. The lowest BCUT2D eigenvalue weighted by Crippen LogP contribution is -2.50. The van der Waals surface area contributed by atoms with Crippen LogP contribution in [0.15, 0.2) is 36.4 Å². The fraction of sp³-hybridized carbons (Fsp3) is 0.464. The molecule has 0 unspecified atom stereocenters. The smallest absolute Gasteiger partial charge is 0.321 e. The first-order valence-corrected chi connectivity index (χ1v) is 13.3. The van der Waals surface area contributed by atoms with Crippen LogP contribution >= 0.6 is 0 Å². The molecule has 0 saturated carbocycles. The van der Waals surface area contributed by atoms with Gasteiger partial charge in [-0.2, -0.15) is 0 Å². The van der Waals surface area contributed by atoms with Crippen LogP contribution in [0, 0.1) is 5.92 Å². The fourth-order valence-corrected chi connectivity index (χ4v) is 4.53. The van der Waals surface area contributed by atoms with Gasteiger partial charge in [0, 0.05) is 37.3 Å². The third-order valence-electron chi connectivity index (χ3n) is 6.78. The molecule has 2 aliphatic heterocycles. The molecule has 3 atom stereocenters. The van der Waals surface area contributed by atoms with Crippen molar-refractivity contribution in [1.29, 1.82) is 0 Å². The summed E-state index contributed by atoms with van der Waals surface area (Å²) in [6.07, 6.45) is -0.552. The minimum atomic E-state index is -0.552. The van der Waals surface area contributed by atoms with E-state index in [0.29, 0.717) is 29.4 Å². The second-order valence-electron chi connectivity index (χ2n) is 10.4. The van der Waals surface area contributed by atoms with Gasteiger partial charge < -0.3 is 45.1 Å². The Balaban J connectivity index is 1.59. The summed E-state index contributed by atoms with van der Waals surface area (Å²) < 4.78 is 17.2. The molecule has 5 amide bonds. The van der Waals surface area contributed by atoms with E-state index >= 15 is 0 Å². The zero-order valence-corrected chi connectivity index (χ0v) is 23.4. The van der Waals surface area contributed by atoms with Crippen molar-refractivity contribution in [1.82, 2.24) is 15.1 Å². The van der Waals surface area contributed by atoms with Gasteiger partial charge in [-0.3, -0.25) is 4.79 Å². The Morgan fingerprint density at radius 1 is 1.12 bits per heavy atom. The normalized spacial score (nSPS) is 18.7. The number of aliphatic hydroxyl groups excluding tert-OH is 1. The van der Waals surface area contributed by atoms with Crippen molar-refractivity contribution >= 4 is 29.3 Å². The first kappa shape index (κ1) is 28.8. The molecule has 2 aromatic rings. The predicted octanol–water partition coefficient (Wildman–Crippen LogP) is 3.33. The number of anilines is 2. The van der Waals surface area contributed by atoms with E-state index in [0.717, 1.165) is 0 Å². The number of nitrogens with zero attached hydrogens (tertiary/aromatic N) is 2. The number of benzene rings is 2. The number of likely N-dealkylation sites (N-methyl/N-ethyl adjacent to an activating group) is 1. The second-order valence-corrected chi connectivity index (χ2v) is 10.4. The summed E-state index contributed by atoms with van der Waals surface area (Å²) in [4.78, 5) is 42.3. The summed E-state index contributed by atoms with van der Waals surface area (Å²) in [5.74, 6) is 0.832. The van der Waals surface area contributed by atoms with Crippen LogP contribution < -0.4 is 30.2 Å². The van der Waals surface area contributed by atoms with Crippen LogP contribution in [0.25, 0.3) is 0 Å². The standard InChI is InChI=1S/C28H37N5O7/c1-16(2)29-27(36)31-21-8-6-7-20-25(21)40-24(17(3)12-33(26(20)35)18(4)14-34)13-32(5)28(37)30-19-9-10-22-23(11-19)39-15-38-22/h6-11,16-18,24,34H,12-15H2,1-5H3,(H,30,37)(H2,29,31,36)/t17-,18-,24-/m1/s1. The fourth-order valence-electron chi connectivity index (χ4n) is 4.53. The number of carbonyl (C=O) groups is 3. The number of amides is 5. The van der Waals surface area contributed by atoms with Crippen LogP contribution in [0.2, 0.25) is 0 Å². The number of aliphatic hydroxyl groups is 1. The lowest BCUT2D eigenvalue weighted by atomic mass is 9.99. The minimum Gasteiger partial charge on any atom is -0.485 e. The number of urea groups is 2. The number of ether oxygens (including phenoxy) is 3. The van der Waals surface area contributed by atoms with Gasteiger partial charge in [-0.05, 0) is 45.0 Å². The van der Waals surface area contributed by atoms with E-state index in [4.69, 9.17) is 14.2 Å². The van der Waals surface area contributed by atoms with Gasteiger partial charge in [-0.1, -0.05) is 13.0 Å². The van der Waals surface area contributed by atoms with E-state index in [1.54, 1.807) is 55.3 Å². The maximum Gasteiger partial charge on any atom is 0.321 e. The molecular weight excluding hydrogens is 518 g/mol. The van der Waals surface area contributed by atoms with Crippen molar-refractivity contribution in [3.05, 3.63) is 42.0 Å². The summed E-state index contributed by atoms with van der Waals surface area (Å²) in [7, 11) is 1.65. The summed E-state index contributed by atoms with van der Waals surface area (Å²) in [6, 6.07) is 8.75. The number of hydrogen-bond donors (Lipinski definition) is 4. The van der Waals surface area contributed by atoms with Gasteiger partial charge in [0.15, 0.2) is 17.2 Å². The molecule has 0 radical (unpaired) electrons. The predicted molar refractivity (Wildman–Crippen MR) is 149 cm³/mol. The van der Waals surface area contributed by atoms with Crippen LogP contribution in [0.1, 0.15) is 38.1 Å². The van der Waals surface area contributed by atoms with Gasteiger partial charge in [0.05, 0.1) is 30.4 Å². The quantitative estimate of drug-likeness (QED) is 0.411. The molecule has 40 heavy (non-hydrogen) atoms. The van der Waals surface area contributed by atoms with Crippen molar-refractivity contribution in [3.63, 3.8) is 0 Å². The highest BCUT2D eigenvalue weighted by Crippen LogP contribution is 2.36. The van der Waals surface area contributed by atoms with Crippen LogP contribution in [0.3, 0.4) is 0 Å². The highest BCUT2D eigenvalue weighted by atomic mass is 16.7. The van der Waals surface area contributed by atoms with Crippen molar-refractivity contribution in [2.75, 3.05) is 44.2 Å². The molecule has 0 aliphatic carbocycles. The van der Waals surface area contributed by atoms with Crippen LogP contribution in [-0.4, -0.2) is 84.6 Å². The van der Waals surface area contributed by atoms with Gasteiger partial charge in [-0.25, -0.2) is 9.59 Å². The summed E-state index contributed by atoms with van der Waals surface area (Å²) in [5.41, 5.74) is 1.13. The van der Waals surface area contributed by atoms with E-state index in [-0.39, 0.29) is 55.2 Å². The maximum atomic E-state index is 13.6. The Hall–Kier alpha value is -4.19. The topological polar surface area (TPSA) is 142 Å². The number of hydrogen-bond acceptors (Lipinski definition) is 7. The highest BCUT2D eigenvalue weighted by molar-refractivity contribution is 6.01. The lowest BCUT2D eigenvalue weighted by molar-refractivity contribution is 0.0373. The van der Waals surface area contributed by atoms with Gasteiger partial charge in [0.2, 0.25) is 6.79 Å². The Labute approximate surface area is 233 Å². The average molecular weight is 556 g/mol. The zero-order valence-electron chi connectivity index (χ0n) is 23.4. The third kappa shape index (κ3) is 6.50. The van der Waals surface area contributed by atoms with Crippen LogP contribution in [0.5, 0.6) is 17.2 Å². The molecule has 0 aromatic heterocycles. The second kappa shape index (κ2) is 12.3. The summed E-state index contributed by atoms with van der Waals surface area (Å²) >= 11 is 0. The van der Waals surface area contributed by atoms with Crippen molar-refractivity contribution in [2.45, 2.75) is 45.9 Å². The SMILES string of the molecule is CC(C)NC(=O)Nc1cccc2c1O[C@H](CN(C)C(=O)Nc1ccc3c(c1)OCO3)[C@H](C)CN([C@H](C)CO)C2=O. The molecule has 12 nitrogen and oxygen atoms in total. The van der Waals surface area contributed by atoms with Crippen molar-refractivity contribution in [2.24, 2.45) is 5.92 Å². The Kier molecular flexibility index (Phi) is 8.88. The molecule has 4 rings (SSSR count). The monoisotopic (exact) mass is 555 g/mol. The Morgan fingerprint density at radius 3 is 2.60 bits per heavy atom.